The van der Waals surface area contributed by atoms with Crippen molar-refractivity contribution in [2.75, 3.05) is 26.7 Å². The van der Waals surface area contributed by atoms with E-state index in [1.54, 1.807) is 0 Å². The zero-order valence-corrected chi connectivity index (χ0v) is 12.6. The van der Waals surface area contributed by atoms with E-state index in [-0.39, 0.29) is 0 Å². The van der Waals surface area contributed by atoms with Gasteiger partial charge < -0.3 is 16.3 Å². The fourth-order valence-electron chi connectivity index (χ4n) is 2.95. The Bertz CT molecular complexity index is 193. The Morgan fingerprint density at radius 3 is 1.89 bits per heavy atom. The average molecular weight is 252 g/mol. The lowest BCUT2D eigenvalue weighted by Crippen LogP contribution is -2.48. The first kappa shape index (κ1) is 17.4. The molecule has 0 aromatic rings. The second-order valence-electron chi connectivity index (χ2n) is 5.97. The highest BCUT2D eigenvalue weighted by atomic mass is 15.3. The maximum atomic E-state index is 6.25. The molecular formula is C16H32N2. The highest BCUT2D eigenvalue weighted by Crippen LogP contribution is 2.18. The number of nitrogens with zero attached hydrogens (tertiary/aromatic N) is 2. The predicted molar refractivity (Wildman–Crippen MR) is 77.6 cm³/mol. The van der Waals surface area contributed by atoms with Gasteiger partial charge in [0.25, 0.3) is 0 Å². The van der Waals surface area contributed by atoms with Gasteiger partial charge >= 0.3 is 0 Å². The normalized spacial score (nSPS) is 17.8. The van der Waals surface area contributed by atoms with Crippen molar-refractivity contribution < 1.29 is 4.48 Å². The zero-order chi connectivity index (χ0) is 13.7. The maximum Gasteiger partial charge on any atom is 0.0784 e. The molecule has 2 nitrogen and oxygen atoms in total. The predicted octanol–water partition coefficient (Wildman–Crippen LogP) is 4.46. The molecule has 0 bridgehead atoms. The molecule has 0 aliphatic carbocycles. The molecule has 0 atom stereocenters. The van der Waals surface area contributed by atoms with Crippen LogP contribution in [-0.2, 0) is 0 Å². The molecule has 1 aliphatic rings. The van der Waals surface area contributed by atoms with Crippen LogP contribution < -0.4 is 0 Å². The Morgan fingerprint density at radius 2 is 1.33 bits per heavy atom. The minimum Gasteiger partial charge on any atom is -0.512 e. The molecule has 18 heavy (non-hydrogen) atoms. The number of piperidine rings is 1. The van der Waals surface area contributed by atoms with Crippen LogP contribution in [0.2, 0.25) is 0 Å². The SMILES string of the molecule is CCCCCCCCC[N+]1(C)CCCCC1.[C-]#N. The van der Waals surface area contributed by atoms with Gasteiger partial charge in [0, 0.05) is 0 Å². The molecule has 0 aromatic heterocycles. The standard InChI is InChI=1S/C15H32N.CN/c1-3-4-5-6-7-8-10-13-16(2)14-11-9-12-15-16;1-2/h3-15H2,1-2H3;/q+1;-1. The van der Waals surface area contributed by atoms with Gasteiger partial charge in [-0.3, -0.25) is 0 Å². The van der Waals surface area contributed by atoms with E-state index in [0.717, 1.165) is 0 Å². The lowest BCUT2D eigenvalue weighted by Gasteiger charge is -2.37. The number of unbranched alkanes of at least 4 members (excludes halogenated alkanes) is 6. The van der Waals surface area contributed by atoms with Crippen molar-refractivity contribution in [1.29, 1.82) is 5.26 Å². The molecule has 1 rings (SSSR count). The lowest BCUT2D eigenvalue weighted by atomic mass is 10.1. The number of quaternary nitrogens is 1. The van der Waals surface area contributed by atoms with Crippen LogP contribution >= 0.6 is 0 Å². The van der Waals surface area contributed by atoms with E-state index in [2.05, 4.69) is 14.0 Å². The molecule has 106 valence electrons. The summed E-state index contributed by atoms with van der Waals surface area (Å²) in [5, 5.41) is 6.25. The van der Waals surface area contributed by atoms with Gasteiger partial charge in [-0.15, -0.1) is 0 Å². The van der Waals surface area contributed by atoms with Gasteiger partial charge in [0.1, 0.15) is 0 Å². The molecule has 1 heterocycles. The summed E-state index contributed by atoms with van der Waals surface area (Å²) in [6, 6.07) is 0. The highest BCUT2D eigenvalue weighted by Gasteiger charge is 2.23. The molecule has 1 fully saturated rings. The third-order valence-electron chi connectivity index (χ3n) is 4.20. The molecule has 0 unspecified atom stereocenters. The number of hydrogen-bond donors (Lipinski definition) is 0. The van der Waals surface area contributed by atoms with Crippen molar-refractivity contribution in [3.8, 4) is 0 Å². The van der Waals surface area contributed by atoms with Gasteiger partial charge in [0.15, 0.2) is 0 Å². The van der Waals surface area contributed by atoms with Crippen molar-refractivity contribution in [3.05, 3.63) is 6.57 Å². The number of hydrogen-bond acceptors (Lipinski definition) is 1. The van der Waals surface area contributed by atoms with Gasteiger partial charge in [0.2, 0.25) is 0 Å². The van der Waals surface area contributed by atoms with E-state index in [1.807, 2.05) is 0 Å². The first-order valence-electron chi connectivity index (χ1n) is 7.83. The van der Waals surface area contributed by atoms with E-state index in [9.17, 15) is 0 Å². The van der Waals surface area contributed by atoms with Crippen molar-refractivity contribution in [1.82, 2.24) is 0 Å². The summed E-state index contributed by atoms with van der Waals surface area (Å²) in [6.45, 7) is 11.4. The summed E-state index contributed by atoms with van der Waals surface area (Å²) in [5.41, 5.74) is 0. The van der Waals surface area contributed by atoms with E-state index in [1.165, 1.54) is 88.3 Å². The summed E-state index contributed by atoms with van der Waals surface area (Å²) in [6.07, 6.45) is 14.5. The molecule has 1 aliphatic heterocycles. The molecule has 0 N–H and O–H groups in total. The Hall–Kier alpha value is -0.550. The number of likely N-dealkylation sites (tertiary alicyclic amines) is 1. The third-order valence-corrected chi connectivity index (χ3v) is 4.20. The van der Waals surface area contributed by atoms with E-state index in [4.69, 9.17) is 11.8 Å². The van der Waals surface area contributed by atoms with Gasteiger partial charge in [-0.2, -0.15) is 0 Å². The molecular weight excluding hydrogens is 220 g/mol. The minimum absolute atomic E-state index is 1.37. The van der Waals surface area contributed by atoms with Crippen molar-refractivity contribution in [2.24, 2.45) is 0 Å². The monoisotopic (exact) mass is 252 g/mol. The first-order valence-corrected chi connectivity index (χ1v) is 7.83. The molecule has 0 radical (unpaired) electrons. The van der Waals surface area contributed by atoms with Crippen molar-refractivity contribution in [2.45, 2.75) is 71.1 Å². The Balaban J connectivity index is 0.00000137. The van der Waals surface area contributed by atoms with E-state index in [0.29, 0.717) is 0 Å². The van der Waals surface area contributed by atoms with Crippen LogP contribution in [0.4, 0.5) is 0 Å². The van der Waals surface area contributed by atoms with E-state index >= 15 is 0 Å². The largest absolute Gasteiger partial charge is 0.512 e. The van der Waals surface area contributed by atoms with Crippen LogP contribution in [0, 0.1) is 11.8 Å². The van der Waals surface area contributed by atoms with E-state index < -0.39 is 0 Å². The summed E-state index contributed by atoms with van der Waals surface area (Å²) >= 11 is 0. The minimum atomic E-state index is 1.37. The molecule has 2 heteroatoms. The smallest absolute Gasteiger partial charge is 0.0784 e. The van der Waals surface area contributed by atoms with Gasteiger partial charge in [-0.25, -0.2) is 0 Å². The number of rotatable bonds is 8. The molecule has 1 saturated heterocycles. The van der Waals surface area contributed by atoms with Crippen LogP contribution in [-0.4, -0.2) is 31.2 Å². The zero-order valence-electron chi connectivity index (χ0n) is 12.6. The molecule has 0 spiro atoms. The molecule has 0 aromatic carbocycles. The van der Waals surface area contributed by atoms with Crippen molar-refractivity contribution in [3.63, 3.8) is 0 Å². The maximum absolute atomic E-state index is 6.25. The molecule has 0 amide bonds. The Labute approximate surface area is 115 Å². The fourth-order valence-corrected chi connectivity index (χ4v) is 2.95. The summed E-state index contributed by atoms with van der Waals surface area (Å²) in [4.78, 5) is 0. The Kier molecular flexibility index (Phi) is 11.2. The highest BCUT2D eigenvalue weighted by molar-refractivity contribution is 4.52. The average Bonchev–Trinajstić information content (AvgIpc) is 2.41. The van der Waals surface area contributed by atoms with Crippen molar-refractivity contribution >= 4 is 0 Å². The lowest BCUT2D eigenvalue weighted by molar-refractivity contribution is -0.914. The molecule has 0 saturated carbocycles. The van der Waals surface area contributed by atoms with Gasteiger partial charge in [0.05, 0.1) is 26.7 Å². The topological polar surface area (TPSA) is 23.8 Å². The van der Waals surface area contributed by atoms with Crippen LogP contribution in [0.25, 0.3) is 0 Å². The summed E-state index contributed by atoms with van der Waals surface area (Å²) < 4.78 is 1.37. The Morgan fingerprint density at radius 1 is 0.833 bits per heavy atom. The van der Waals surface area contributed by atoms with Crippen LogP contribution in [0.1, 0.15) is 71.1 Å². The first-order chi connectivity index (χ1) is 8.77. The van der Waals surface area contributed by atoms with Crippen LogP contribution in [0.15, 0.2) is 0 Å². The summed E-state index contributed by atoms with van der Waals surface area (Å²) in [7, 11) is 2.47. The third kappa shape index (κ3) is 8.53. The second-order valence-corrected chi connectivity index (χ2v) is 5.97. The fraction of sp³-hybridized carbons (Fsp3) is 0.938. The second kappa shape index (κ2) is 11.5. The van der Waals surface area contributed by atoms with Gasteiger partial charge in [-0.1, -0.05) is 39.0 Å². The van der Waals surface area contributed by atoms with Crippen LogP contribution in [0.5, 0.6) is 0 Å². The van der Waals surface area contributed by atoms with Crippen LogP contribution in [0.3, 0.4) is 0 Å². The quantitative estimate of drug-likeness (QED) is 0.355. The van der Waals surface area contributed by atoms with Gasteiger partial charge in [-0.05, 0) is 32.1 Å². The summed E-state index contributed by atoms with van der Waals surface area (Å²) in [5.74, 6) is 0.